The summed E-state index contributed by atoms with van der Waals surface area (Å²) in [6.07, 6.45) is 6.48. The van der Waals surface area contributed by atoms with Crippen molar-refractivity contribution in [1.29, 1.82) is 0 Å². The molecule has 0 spiro atoms. The molecular weight excluding hydrogens is 481 g/mol. The minimum Gasteiger partial charge on any atom is -0.508 e. The van der Waals surface area contributed by atoms with Crippen molar-refractivity contribution < 1.29 is 26.7 Å². The Morgan fingerprint density at radius 3 is 2.49 bits per heavy atom. The second kappa shape index (κ2) is 9.93. The summed E-state index contributed by atoms with van der Waals surface area (Å²) in [5.74, 6) is -3.38. The van der Waals surface area contributed by atoms with Crippen LogP contribution in [0.1, 0.15) is 61.9 Å². The molecule has 1 aromatic heterocycles. The van der Waals surface area contributed by atoms with Crippen molar-refractivity contribution >= 4 is 15.8 Å². The van der Waals surface area contributed by atoms with Crippen LogP contribution in [0.15, 0.2) is 24.5 Å². The van der Waals surface area contributed by atoms with E-state index < -0.39 is 21.8 Å². The van der Waals surface area contributed by atoms with Crippen molar-refractivity contribution in [3.05, 3.63) is 47.2 Å². The third-order valence-corrected chi connectivity index (χ3v) is 8.40. The van der Waals surface area contributed by atoms with E-state index in [0.29, 0.717) is 50.2 Å². The summed E-state index contributed by atoms with van der Waals surface area (Å²) in [5.41, 5.74) is 0.491. The minimum absolute atomic E-state index is 0.147. The molecule has 2 aliphatic heterocycles. The zero-order chi connectivity index (χ0) is 25.4. The van der Waals surface area contributed by atoms with Gasteiger partial charge < -0.3 is 10.0 Å². The monoisotopic (exact) mass is 512 g/mol. The van der Waals surface area contributed by atoms with Crippen LogP contribution in [0.2, 0.25) is 0 Å². The van der Waals surface area contributed by atoms with E-state index in [-0.39, 0.29) is 29.1 Å². The zero-order valence-corrected chi connectivity index (χ0v) is 20.7. The highest BCUT2D eigenvalue weighted by atomic mass is 32.2. The van der Waals surface area contributed by atoms with E-state index in [9.17, 15) is 22.3 Å². The number of anilines is 1. The van der Waals surface area contributed by atoms with E-state index >= 15 is 4.39 Å². The standard InChI is InChI=1S/C24H31F3N4O3S/c1-24(26,27)17-6-7-18(21(32)14-17)20-4-3-11-31(20)23-22(25)19(28-15-29-23)8-5-16-9-12-30(13-10-16)35(2,33)34/h6-7,14-16,20,32H,3-5,8-13H2,1-2H3. The molecule has 2 aromatic rings. The Morgan fingerprint density at radius 1 is 1.14 bits per heavy atom. The summed E-state index contributed by atoms with van der Waals surface area (Å²) in [5, 5.41) is 10.5. The predicted octanol–water partition coefficient (Wildman–Crippen LogP) is 4.38. The summed E-state index contributed by atoms with van der Waals surface area (Å²) in [6, 6.07) is 3.46. The lowest BCUT2D eigenvalue weighted by molar-refractivity contribution is 0.0172. The number of aryl methyl sites for hydroxylation is 1. The molecule has 4 rings (SSSR count). The summed E-state index contributed by atoms with van der Waals surface area (Å²) in [7, 11) is -3.19. The molecule has 0 aliphatic carbocycles. The maximum atomic E-state index is 15.5. The van der Waals surface area contributed by atoms with E-state index in [1.807, 2.05) is 0 Å². The van der Waals surface area contributed by atoms with Crippen LogP contribution in [-0.2, 0) is 22.4 Å². The van der Waals surface area contributed by atoms with Crippen molar-refractivity contribution in [3.63, 3.8) is 0 Å². The van der Waals surface area contributed by atoms with Crippen LogP contribution in [0.3, 0.4) is 0 Å². The van der Waals surface area contributed by atoms with Gasteiger partial charge in [-0.3, -0.25) is 0 Å². The fraction of sp³-hybridized carbons (Fsp3) is 0.583. The SMILES string of the molecule is CC(F)(F)c1ccc(C2CCCN2c2ncnc(CCC3CCN(S(C)(=O)=O)CC3)c2F)c(O)c1. The minimum atomic E-state index is -3.19. The fourth-order valence-corrected chi connectivity index (χ4v) is 5.96. The first kappa shape index (κ1) is 25.7. The molecule has 0 bridgehead atoms. The highest BCUT2D eigenvalue weighted by molar-refractivity contribution is 7.88. The molecule has 35 heavy (non-hydrogen) atoms. The van der Waals surface area contributed by atoms with Gasteiger partial charge in [0.2, 0.25) is 10.0 Å². The van der Waals surface area contributed by atoms with Gasteiger partial charge in [0.25, 0.3) is 5.92 Å². The third-order valence-electron chi connectivity index (χ3n) is 7.10. The number of halogens is 3. The molecule has 0 radical (unpaired) electrons. The fourth-order valence-electron chi connectivity index (χ4n) is 5.08. The molecule has 1 aromatic carbocycles. The summed E-state index contributed by atoms with van der Waals surface area (Å²) in [4.78, 5) is 10.1. The molecule has 1 atom stereocenters. The van der Waals surface area contributed by atoms with E-state index in [0.717, 1.165) is 32.3 Å². The first-order valence-electron chi connectivity index (χ1n) is 11.9. The smallest absolute Gasteiger partial charge is 0.270 e. The molecule has 2 aliphatic rings. The molecule has 0 amide bonds. The molecule has 0 saturated carbocycles. The number of piperidine rings is 1. The number of rotatable bonds is 7. The molecule has 7 nitrogen and oxygen atoms in total. The van der Waals surface area contributed by atoms with Gasteiger partial charge in [0.05, 0.1) is 18.0 Å². The summed E-state index contributed by atoms with van der Waals surface area (Å²) >= 11 is 0. The Kier molecular flexibility index (Phi) is 7.28. The maximum Gasteiger partial charge on any atom is 0.270 e. The lowest BCUT2D eigenvalue weighted by Crippen LogP contribution is -2.37. The van der Waals surface area contributed by atoms with Crippen LogP contribution in [-0.4, -0.2) is 53.7 Å². The number of nitrogens with zero attached hydrogens (tertiary/aromatic N) is 4. The Balaban J connectivity index is 1.47. The van der Waals surface area contributed by atoms with E-state index in [1.54, 1.807) is 4.90 Å². The van der Waals surface area contributed by atoms with Gasteiger partial charge in [-0.1, -0.05) is 12.1 Å². The number of aromatic hydroxyl groups is 1. The number of sulfonamides is 1. The first-order chi connectivity index (χ1) is 16.4. The molecule has 2 fully saturated rings. The van der Waals surface area contributed by atoms with Gasteiger partial charge >= 0.3 is 0 Å². The normalized spacial score (nSPS) is 20.5. The van der Waals surface area contributed by atoms with Crippen molar-refractivity contribution in [3.8, 4) is 5.75 Å². The lowest BCUT2D eigenvalue weighted by Gasteiger charge is -2.30. The Morgan fingerprint density at radius 2 is 1.86 bits per heavy atom. The van der Waals surface area contributed by atoms with Crippen molar-refractivity contribution in [2.24, 2.45) is 5.92 Å². The van der Waals surface area contributed by atoms with Crippen LogP contribution >= 0.6 is 0 Å². The van der Waals surface area contributed by atoms with Gasteiger partial charge in [-0.05, 0) is 50.5 Å². The lowest BCUT2D eigenvalue weighted by atomic mass is 9.92. The van der Waals surface area contributed by atoms with Gasteiger partial charge in [-0.25, -0.2) is 35.9 Å². The predicted molar refractivity (Wildman–Crippen MR) is 126 cm³/mol. The van der Waals surface area contributed by atoms with Crippen LogP contribution in [0.4, 0.5) is 19.0 Å². The van der Waals surface area contributed by atoms with Crippen LogP contribution in [0.5, 0.6) is 5.75 Å². The quantitative estimate of drug-likeness (QED) is 0.593. The van der Waals surface area contributed by atoms with Crippen LogP contribution in [0.25, 0.3) is 0 Å². The number of aromatic nitrogens is 2. The second-order valence-electron chi connectivity index (χ2n) is 9.62. The van der Waals surface area contributed by atoms with Gasteiger partial charge in [-0.2, -0.15) is 0 Å². The van der Waals surface area contributed by atoms with Gasteiger partial charge in [0, 0.05) is 37.7 Å². The van der Waals surface area contributed by atoms with Gasteiger partial charge in [-0.15, -0.1) is 0 Å². The highest BCUT2D eigenvalue weighted by Gasteiger charge is 2.33. The summed E-state index contributed by atoms with van der Waals surface area (Å²) < 4.78 is 67.6. The third kappa shape index (κ3) is 5.72. The molecule has 11 heteroatoms. The van der Waals surface area contributed by atoms with Crippen LogP contribution in [0, 0.1) is 11.7 Å². The van der Waals surface area contributed by atoms with E-state index in [4.69, 9.17) is 0 Å². The van der Waals surface area contributed by atoms with Gasteiger partial charge in [0.1, 0.15) is 12.1 Å². The Bertz CT molecular complexity index is 1170. The number of hydrogen-bond acceptors (Lipinski definition) is 6. The second-order valence-corrected chi connectivity index (χ2v) is 11.6. The molecule has 3 heterocycles. The first-order valence-corrected chi connectivity index (χ1v) is 13.7. The number of alkyl halides is 2. The Labute approximate surface area is 204 Å². The summed E-state index contributed by atoms with van der Waals surface area (Å²) in [6.45, 7) is 2.24. The zero-order valence-electron chi connectivity index (χ0n) is 19.9. The maximum absolute atomic E-state index is 15.5. The van der Waals surface area contributed by atoms with E-state index in [1.165, 1.54) is 29.0 Å². The number of phenolic OH excluding ortho intramolecular Hbond substituents is 1. The average molecular weight is 513 g/mol. The molecule has 2 saturated heterocycles. The van der Waals surface area contributed by atoms with E-state index in [2.05, 4.69) is 9.97 Å². The van der Waals surface area contributed by atoms with Crippen molar-refractivity contribution in [2.75, 3.05) is 30.8 Å². The van der Waals surface area contributed by atoms with Gasteiger partial charge in [0.15, 0.2) is 11.6 Å². The number of phenols is 1. The molecule has 1 N–H and O–H groups in total. The largest absolute Gasteiger partial charge is 0.508 e. The molecular formula is C24H31F3N4O3S. The van der Waals surface area contributed by atoms with Crippen molar-refractivity contribution in [2.45, 2.75) is 57.4 Å². The van der Waals surface area contributed by atoms with Crippen LogP contribution < -0.4 is 4.90 Å². The molecule has 1 unspecified atom stereocenters. The number of benzene rings is 1. The van der Waals surface area contributed by atoms with Crippen molar-refractivity contribution in [1.82, 2.24) is 14.3 Å². The average Bonchev–Trinajstić information content (AvgIpc) is 3.26. The molecule has 192 valence electrons. The Hall–Kier alpha value is -2.40. The highest BCUT2D eigenvalue weighted by Crippen LogP contribution is 2.41. The number of hydrogen-bond donors (Lipinski definition) is 1. The topological polar surface area (TPSA) is 86.6 Å².